The van der Waals surface area contributed by atoms with Crippen LogP contribution in [0.4, 0.5) is 0 Å². The molecular weight excluding hydrogens is 336 g/mol. The van der Waals surface area contributed by atoms with Crippen molar-refractivity contribution in [1.82, 2.24) is 0 Å². The van der Waals surface area contributed by atoms with Gasteiger partial charge < -0.3 is 0 Å². The number of hydrogen-bond donors (Lipinski definition) is 0. The van der Waals surface area contributed by atoms with E-state index < -0.39 is 0 Å². The van der Waals surface area contributed by atoms with Crippen molar-refractivity contribution in [3.8, 4) is 0 Å². The molecule has 0 aliphatic heterocycles. The Morgan fingerprint density at radius 1 is 0.321 bits per heavy atom. The summed E-state index contributed by atoms with van der Waals surface area (Å²) < 4.78 is 0. The molecule has 2 unspecified atom stereocenters. The summed E-state index contributed by atoms with van der Waals surface area (Å²) in [7, 11) is 0. The molecule has 0 rings (SSSR count). The number of unbranched alkanes of at least 4 members (excludes halogenated alkanes) is 15. The number of rotatable bonds is 23. The lowest BCUT2D eigenvalue weighted by Gasteiger charge is -2.12. The number of hydrogen-bond acceptors (Lipinski definition) is 0. The van der Waals surface area contributed by atoms with Crippen LogP contribution in [-0.2, 0) is 0 Å². The zero-order chi connectivity index (χ0) is 20.7. The third kappa shape index (κ3) is 22.3. The molecule has 0 aromatic heterocycles. The van der Waals surface area contributed by atoms with Crippen LogP contribution < -0.4 is 0 Å². The summed E-state index contributed by atoms with van der Waals surface area (Å²) >= 11 is 0. The molecule has 0 radical (unpaired) electrons. The SMILES string of the molecule is CCCCCCCCCCCCC(C)CCCCCCC(C)CCCCCC. The molecule has 0 aromatic carbocycles. The lowest BCUT2D eigenvalue weighted by atomic mass is 9.94. The summed E-state index contributed by atoms with van der Waals surface area (Å²) in [5, 5.41) is 0. The molecule has 0 aliphatic carbocycles. The molecule has 0 N–H and O–H groups in total. The zero-order valence-electron chi connectivity index (χ0n) is 20.7. The van der Waals surface area contributed by atoms with Gasteiger partial charge in [-0.25, -0.2) is 0 Å². The summed E-state index contributed by atoms with van der Waals surface area (Å²) in [6, 6.07) is 0. The van der Waals surface area contributed by atoms with E-state index in [1.165, 1.54) is 141 Å². The molecule has 0 bridgehead atoms. The Bertz CT molecular complexity index is 269. The molecule has 0 spiro atoms. The maximum absolute atomic E-state index is 2.49. The van der Waals surface area contributed by atoms with Crippen LogP contribution in [0.3, 0.4) is 0 Å². The molecule has 0 aliphatic rings. The van der Waals surface area contributed by atoms with Crippen LogP contribution in [-0.4, -0.2) is 0 Å². The fraction of sp³-hybridized carbons (Fsp3) is 1.00. The fourth-order valence-corrected chi connectivity index (χ4v) is 4.53. The second-order valence-electron chi connectivity index (χ2n) is 10.0. The smallest absolute Gasteiger partial charge is 0.0443 e. The highest BCUT2D eigenvalue weighted by atomic mass is 14.1. The summed E-state index contributed by atoms with van der Waals surface area (Å²) in [6.07, 6.45) is 32.2. The third-order valence-electron chi connectivity index (χ3n) is 6.74. The van der Waals surface area contributed by atoms with Gasteiger partial charge >= 0.3 is 0 Å². The standard InChI is InChI=1S/C28H58/c1-5-7-9-11-12-13-14-15-16-20-24-28(4)26-22-18-17-21-25-27(3)23-19-10-8-6-2/h27-28H,5-26H2,1-4H3. The Morgan fingerprint density at radius 3 is 0.821 bits per heavy atom. The van der Waals surface area contributed by atoms with Crippen molar-refractivity contribution in [3.05, 3.63) is 0 Å². The van der Waals surface area contributed by atoms with Crippen molar-refractivity contribution >= 4 is 0 Å². The minimum absolute atomic E-state index is 0.964. The van der Waals surface area contributed by atoms with Crippen LogP contribution in [0.15, 0.2) is 0 Å². The lowest BCUT2D eigenvalue weighted by molar-refractivity contribution is 0.413. The molecule has 0 nitrogen and oxygen atoms in total. The predicted molar refractivity (Wildman–Crippen MR) is 131 cm³/mol. The second-order valence-corrected chi connectivity index (χ2v) is 10.0. The summed E-state index contributed by atoms with van der Waals surface area (Å²) in [5.74, 6) is 1.93. The summed E-state index contributed by atoms with van der Waals surface area (Å²) in [6.45, 7) is 9.58. The largest absolute Gasteiger partial charge is 0.0654 e. The van der Waals surface area contributed by atoms with E-state index in [1.54, 1.807) is 0 Å². The Morgan fingerprint density at radius 2 is 0.536 bits per heavy atom. The predicted octanol–water partition coefficient (Wildman–Crippen LogP) is 10.9. The molecule has 0 saturated heterocycles. The summed E-state index contributed by atoms with van der Waals surface area (Å²) in [4.78, 5) is 0. The molecule has 2 atom stereocenters. The van der Waals surface area contributed by atoms with Crippen LogP contribution in [0, 0.1) is 11.8 Å². The van der Waals surface area contributed by atoms with Gasteiger partial charge in [0.2, 0.25) is 0 Å². The first-order valence-electron chi connectivity index (χ1n) is 13.7. The lowest BCUT2D eigenvalue weighted by Crippen LogP contribution is -1.97. The molecule has 170 valence electrons. The first-order chi connectivity index (χ1) is 13.7. The van der Waals surface area contributed by atoms with Crippen molar-refractivity contribution < 1.29 is 0 Å². The van der Waals surface area contributed by atoms with E-state index in [4.69, 9.17) is 0 Å². The average Bonchev–Trinajstić information content (AvgIpc) is 2.69. The van der Waals surface area contributed by atoms with Gasteiger partial charge in [-0.1, -0.05) is 169 Å². The van der Waals surface area contributed by atoms with E-state index >= 15 is 0 Å². The topological polar surface area (TPSA) is 0 Å². The highest BCUT2D eigenvalue weighted by molar-refractivity contribution is 4.58. The first kappa shape index (κ1) is 28.0. The van der Waals surface area contributed by atoms with Gasteiger partial charge in [-0.05, 0) is 11.8 Å². The molecule has 0 fully saturated rings. The molecule has 0 heteroatoms. The van der Waals surface area contributed by atoms with E-state index in [2.05, 4.69) is 27.7 Å². The van der Waals surface area contributed by atoms with Gasteiger partial charge in [0.1, 0.15) is 0 Å². The Balaban J connectivity index is 3.23. The Hall–Kier alpha value is 0. The minimum Gasteiger partial charge on any atom is -0.0654 e. The average molecular weight is 395 g/mol. The summed E-state index contributed by atoms with van der Waals surface area (Å²) in [5.41, 5.74) is 0. The quantitative estimate of drug-likeness (QED) is 0.151. The van der Waals surface area contributed by atoms with Crippen LogP contribution in [0.1, 0.15) is 169 Å². The van der Waals surface area contributed by atoms with Crippen molar-refractivity contribution in [3.63, 3.8) is 0 Å². The fourth-order valence-electron chi connectivity index (χ4n) is 4.53. The van der Waals surface area contributed by atoms with Gasteiger partial charge in [0.25, 0.3) is 0 Å². The van der Waals surface area contributed by atoms with E-state index in [0.29, 0.717) is 0 Å². The van der Waals surface area contributed by atoms with E-state index in [0.717, 1.165) is 11.8 Å². The maximum atomic E-state index is 2.49. The second kappa shape index (κ2) is 23.3. The van der Waals surface area contributed by atoms with Gasteiger partial charge in [-0.3, -0.25) is 0 Å². The molecule has 0 amide bonds. The maximum Gasteiger partial charge on any atom is -0.0443 e. The highest BCUT2D eigenvalue weighted by Crippen LogP contribution is 2.20. The van der Waals surface area contributed by atoms with E-state index in [9.17, 15) is 0 Å². The van der Waals surface area contributed by atoms with Crippen molar-refractivity contribution in [2.75, 3.05) is 0 Å². The highest BCUT2D eigenvalue weighted by Gasteiger charge is 2.04. The molecule has 0 saturated carbocycles. The Kier molecular flexibility index (Phi) is 23.3. The van der Waals surface area contributed by atoms with Crippen LogP contribution in [0.2, 0.25) is 0 Å². The monoisotopic (exact) mass is 394 g/mol. The van der Waals surface area contributed by atoms with Crippen LogP contribution >= 0.6 is 0 Å². The van der Waals surface area contributed by atoms with Gasteiger partial charge in [0.05, 0.1) is 0 Å². The van der Waals surface area contributed by atoms with Crippen LogP contribution in [0.5, 0.6) is 0 Å². The van der Waals surface area contributed by atoms with Gasteiger partial charge in [-0.15, -0.1) is 0 Å². The molecule has 0 aromatic rings. The van der Waals surface area contributed by atoms with Gasteiger partial charge in [0.15, 0.2) is 0 Å². The molecule has 0 heterocycles. The molecule has 28 heavy (non-hydrogen) atoms. The van der Waals surface area contributed by atoms with Crippen molar-refractivity contribution in [2.24, 2.45) is 11.8 Å². The van der Waals surface area contributed by atoms with Crippen molar-refractivity contribution in [1.29, 1.82) is 0 Å². The zero-order valence-corrected chi connectivity index (χ0v) is 20.7. The normalized spacial score (nSPS) is 13.7. The molecular formula is C28H58. The Labute approximate surface area is 181 Å². The third-order valence-corrected chi connectivity index (χ3v) is 6.74. The first-order valence-corrected chi connectivity index (χ1v) is 13.7. The van der Waals surface area contributed by atoms with Gasteiger partial charge in [0, 0.05) is 0 Å². The van der Waals surface area contributed by atoms with E-state index in [1.807, 2.05) is 0 Å². The van der Waals surface area contributed by atoms with Crippen LogP contribution in [0.25, 0.3) is 0 Å². The van der Waals surface area contributed by atoms with Gasteiger partial charge in [-0.2, -0.15) is 0 Å². The van der Waals surface area contributed by atoms with Crippen molar-refractivity contribution in [2.45, 2.75) is 169 Å². The van der Waals surface area contributed by atoms with E-state index in [-0.39, 0.29) is 0 Å². The minimum atomic E-state index is 0.964.